The van der Waals surface area contributed by atoms with Crippen molar-refractivity contribution >= 4 is 23.9 Å². The Morgan fingerprint density at radius 2 is 1.51 bits per heavy atom. The predicted molar refractivity (Wildman–Crippen MR) is 143 cm³/mol. The third kappa shape index (κ3) is 7.65. The molecule has 0 aliphatic heterocycles. The van der Waals surface area contributed by atoms with Crippen molar-refractivity contribution in [3.8, 4) is 23.0 Å². The third-order valence-corrected chi connectivity index (χ3v) is 5.35. The van der Waals surface area contributed by atoms with Gasteiger partial charge in [0.2, 0.25) is 5.75 Å². The van der Waals surface area contributed by atoms with Gasteiger partial charge in [-0.2, -0.15) is 0 Å². The minimum absolute atomic E-state index is 0.165. The lowest BCUT2D eigenvalue weighted by molar-refractivity contribution is 0.130. The lowest BCUT2D eigenvalue weighted by Gasteiger charge is -2.13. The van der Waals surface area contributed by atoms with Crippen molar-refractivity contribution < 1.29 is 33.6 Å². The van der Waals surface area contributed by atoms with Crippen LogP contribution in [0.15, 0.2) is 54.6 Å². The van der Waals surface area contributed by atoms with Crippen LogP contribution in [-0.4, -0.2) is 38.6 Å². The van der Waals surface area contributed by atoms with E-state index in [1.54, 1.807) is 47.3 Å². The highest BCUT2D eigenvalue weighted by molar-refractivity contribution is 5.84. The van der Waals surface area contributed by atoms with Gasteiger partial charge in [-0.1, -0.05) is 30.4 Å². The maximum Gasteiger partial charge on any atom is 0.411 e. The number of rotatable bonds is 11. The molecule has 0 aliphatic rings. The zero-order valence-corrected chi connectivity index (χ0v) is 21.7. The Morgan fingerprint density at radius 1 is 0.865 bits per heavy atom. The second-order valence-electron chi connectivity index (χ2n) is 8.38. The first-order valence-electron chi connectivity index (χ1n) is 11.8. The molecule has 8 nitrogen and oxygen atoms in total. The standard InChI is InChI=1S/C29H33NO7/c1-19(2)37-29(32)30-24-11-8-21(9-12-24)18-36-25-13-10-20(14-23(25)17-31)6-7-22-15-26(33-3)28(35-5)27(16-22)34-4/h6-16,19,31H,17-18H2,1-5H3,(H,30,32)/b7-6-. The lowest BCUT2D eigenvalue weighted by atomic mass is 10.1. The number of aliphatic hydroxyl groups is 1. The molecule has 3 aromatic carbocycles. The van der Waals surface area contributed by atoms with Crippen molar-refractivity contribution in [1.82, 2.24) is 0 Å². The average Bonchev–Trinajstić information content (AvgIpc) is 2.90. The summed E-state index contributed by atoms with van der Waals surface area (Å²) in [6.45, 7) is 3.73. The van der Waals surface area contributed by atoms with Gasteiger partial charge in [0.25, 0.3) is 0 Å². The number of benzene rings is 3. The number of hydrogen-bond donors (Lipinski definition) is 2. The highest BCUT2D eigenvalue weighted by Gasteiger charge is 2.12. The van der Waals surface area contributed by atoms with E-state index < -0.39 is 6.09 Å². The van der Waals surface area contributed by atoms with Gasteiger partial charge in [0.05, 0.1) is 34.0 Å². The van der Waals surface area contributed by atoms with Gasteiger partial charge < -0.3 is 28.8 Å². The van der Waals surface area contributed by atoms with Crippen LogP contribution in [-0.2, 0) is 18.0 Å². The van der Waals surface area contributed by atoms with Gasteiger partial charge in [0, 0.05) is 11.3 Å². The van der Waals surface area contributed by atoms with Crippen molar-refractivity contribution in [3.05, 3.63) is 76.9 Å². The number of methoxy groups -OCH3 is 3. The molecule has 8 heteroatoms. The Balaban J connectivity index is 1.67. The molecule has 0 heterocycles. The summed E-state index contributed by atoms with van der Waals surface area (Å²) in [5.41, 5.74) is 3.98. The number of anilines is 1. The van der Waals surface area contributed by atoms with Crippen LogP contribution < -0.4 is 24.3 Å². The molecule has 0 radical (unpaired) electrons. The van der Waals surface area contributed by atoms with Crippen LogP contribution in [0.2, 0.25) is 0 Å². The molecular weight excluding hydrogens is 474 g/mol. The molecule has 0 bridgehead atoms. The first kappa shape index (κ1) is 27.4. The number of amides is 1. The number of ether oxygens (including phenoxy) is 5. The molecule has 0 unspecified atom stereocenters. The minimum Gasteiger partial charge on any atom is -0.493 e. The first-order valence-corrected chi connectivity index (χ1v) is 11.8. The van der Waals surface area contributed by atoms with Crippen LogP contribution in [0.25, 0.3) is 12.2 Å². The summed E-state index contributed by atoms with van der Waals surface area (Å²) in [4.78, 5) is 11.7. The van der Waals surface area contributed by atoms with Crippen molar-refractivity contribution in [2.45, 2.75) is 33.2 Å². The quantitative estimate of drug-likeness (QED) is 0.312. The molecule has 1 amide bonds. The van der Waals surface area contributed by atoms with E-state index >= 15 is 0 Å². The molecule has 3 rings (SSSR count). The number of hydrogen-bond acceptors (Lipinski definition) is 7. The summed E-state index contributed by atoms with van der Waals surface area (Å²) < 4.78 is 27.2. The molecule has 196 valence electrons. The van der Waals surface area contributed by atoms with E-state index in [2.05, 4.69) is 5.32 Å². The Kier molecular flexibility index (Phi) is 9.80. The number of carbonyl (C=O) groups excluding carboxylic acids is 1. The molecule has 0 saturated heterocycles. The van der Waals surface area contributed by atoms with E-state index in [1.807, 2.05) is 54.6 Å². The van der Waals surface area contributed by atoms with Gasteiger partial charge in [-0.15, -0.1) is 0 Å². The fraction of sp³-hybridized carbons (Fsp3) is 0.276. The van der Waals surface area contributed by atoms with E-state index in [4.69, 9.17) is 23.7 Å². The zero-order valence-electron chi connectivity index (χ0n) is 21.7. The van der Waals surface area contributed by atoms with Crippen LogP contribution in [0, 0.1) is 0 Å². The second kappa shape index (κ2) is 13.2. The Morgan fingerprint density at radius 3 is 2.08 bits per heavy atom. The monoisotopic (exact) mass is 507 g/mol. The minimum atomic E-state index is -0.494. The Labute approximate surface area is 217 Å². The zero-order chi connectivity index (χ0) is 26.8. The van der Waals surface area contributed by atoms with Crippen molar-refractivity contribution in [3.63, 3.8) is 0 Å². The fourth-order valence-corrected chi connectivity index (χ4v) is 3.56. The molecule has 3 aromatic rings. The van der Waals surface area contributed by atoms with E-state index in [0.29, 0.717) is 40.9 Å². The van der Waals surface area contributed by atoms with E-state index in [9.17, 15) is 9.90 Å². The summed E-state index contributed by atoms with van der Waals surface area (Å²) in [7, 11) is 4.72. The van der Waals surface area contributed by atoms with Crippen LogP contribution in [0.1, 0.15) is 36.1 Å². The molecular formula is C29H33NO7. The van der Waals surface area contributed by atoms with Crippen LogP contribution in [0.3, 0.4) is 0 Å². The first-order chi connectivity index (χ1) is 17.9. The third-order valence-electron chi connectivity index (χ3n) is 5.35. The van der Waals surface area contributed by atoms with Crippen LogP contribution in [0.5, 0.6) is 23.0 Å². The topological polar surface area (TPSA) is 95.5 Å². The molecule has 37 heavy (non-hydrogen) atoms. The van der Waals surface area contributed by atoms with Gasteiger partial charge in [-0.25, -0.2) is 4.79 Å². The normalized spacial score (nSPS) is 10.9. The summed E-state index contributed by atoms with van der Waals surface area (Å²) in [5.74, 6) is 2.27. The Hall–Kier alpha value is -4.17. The van der Waals surface area contributed by atoms with Crippen molar-refractivity contribution in [2.24, 2.45) is 0 Å². The van der Waals surface area contributed by atoms with Crippen LogP contribution in [0.4, 0.5) is 10.5 Å². The smallest absolute Gasteiger partial charge is 0.411 e. The SMILES string of the molecule is COc1cc(/C=C\c2ccc(OCc3ccc(NC(=O)OC(C)C)cc3)c(CO)c2)cc(OC)c1OC. The van der Waals surface area contributed by atoms with Gasteiger partial charge in [0.15, 0.2) is 11.5 Å². The second-order valence-corrected chi connectivity index (χ2v) is 8.38. The fourth-order valence-electron chi connectivity index (χ4n) is 3.56. The highest BCUT2D eigenvalue weighted by Crippen LogP contribution is 2.38. The van der Waals surface area contributed by atoms with Crippen molar-refractivity contribution in [1.29, 1.82) is 0 Å². The average molecular weight is 508 g/mol. The van der Waals surface area contributed by atoms with Crippen molar-refractivity contribution in [2.75, 3.05) is 26.6 Å². The number of aliphatic hydroxyl groups excluding tert-OH is 1. The molecule has 0 aliphatic carbocycles. The molecule has 0 saturated carbocycles. The molecule has 0 spiro atoms. The van der Waals surface area contributed by atoms with E-state index in [0.717, 1.165) is 16.7 Å². The van der Waals surface area contributed by atoms with Gasteiger partial charge >= 0.3 is 6.09 Å². The van der Waals surface area contributed by atoms with E-state index in [1.165, 1.54) is 0 Å². The molecule has 0 aromatic heterocycles. The van der Waals surface area contributed by atoms with Gasteiger partial charge in [-0.3, -0.25) is 5.32 Å². The van der Waals surface area contributed by atoms with Crippen LogP contribution >= 0.6 is 0 Å². The van der Waals surface area contributed by atoms with E-state index in [-0.39, 0.29) is 12.7 Å². The highest BCUT2D eigenvalue weighted by atomic mass is 16.6. The number of nitrogens with one attached hydrogen (secondary N) is 1. The largest absolute Gasteiger partial charge is 0.493 e. The Bertz CT molecular complexity index is 1190. The summed E-state index contributed by atoms with van der Waals surface area (Å²) in [6.07, 6.45) is 3.17. The molecule has 0 atom stereocenters. The number of carbonyl (C=O) groups is 1. The summed E-state index contributed by atoms with van der Waals surface area (Å²) in [5, 5.41) is 12.6. The maximum atomic E-state index is 11.7. The summed E-state index contributed by atoms with van der Waals surface area (Å²) >= 11 is 0. The predicted octanol–water partition coefficient (Wildman–Crippen LogP) is 5.91. The van der Waals surface area contributed by atoms with Gasteiger partial charge in [0.1, 0.15) is 12.4 Å². The molecule has 2 N–H and O–H groups in total. The van der Waals surface area contributed by atoms with Gasteiger partial charge in [-0.05, 0) is 66.9 Å². The maximum absolute atomic E-state index is 11.7. The summed E-state index contributed by atoms with van der Waals surface area (Å²) in [6, 6.07) is 16.6. The lowest BCUT2D eigenvalue weighted by Crippen LogP contribution is -2.17. The molecule has 0 fully saturated rings.